The molecule has 0 unspecified atom stereocenters. The zero-order valence-corrected chi connectivity index (χ0v) is 11.8. The standard InChI is InChI=1S/C12H22N4S/c1-4-16(5-2)7-6-13-8-11-9-14-12(17-3)15-10-11/h9-10,13H,4-8H2,1-3H3. The van der Waals surface area contributed by atoms with Gasteiger partial charge in [0, 0.05) is 37.6 Å². The maximum absolute atomic E-state index is 4.24. The van der Waals surface area contributed by atoms with Crippen LogP contribution in [0.5, 0.6) is 0 Å². The Morgan fingerprint density at radius 1 is 1.24 bits per heavy atom. The highest BCUT2D eigenvalue weighted by atomic mass is 32.2. The smallest absolute Gasteiger partial charge is 0.187 e. The SMILES string of the molecule is CCN(CC)CCNCc1cnc(SC)nc1. The molecule has 0 amide bonds. The second-order valence-corrected chi connectivity index (χ2v) is 4.56. The number of likely N-dealkylation sites (N-methyl/N-ethyl adjacent to an activating group) is 1. The van der Waals surface area contributed by atoms with Crippen LogP contribution in [0, 0.1) is 0 Å². The zero-order valence-electron chi connectivity index (χ0n) is 10.9. The molecule has 0 aromatic carbocycles. The molecule has 1 N–H and O–H groups in total. The van der Waals surface area contributed by atoms with Gasteiger partial charge in [0.15, 0.2) is 5.16 Å². The second kappa shape index (κ2) is 8.44. The first-order valence-corrected chi connectivity index (χ1v) is 7.30. The van der Waals surface area contributed by atoms with Gasteiger partial charge >= 0.3 is 0 Å². The fraction of sp³-hybridized carbons (Fsp3) is 0.667. The molecule has 0 fully saturated rings. The Labute approximate surface area is 108 Å². The maximum atomic E-state index is 4.24. The van der Waals surface area contributed by atoms with E-state index in [9.17, 15) is 0 Å². The van der Waals surface area contributed by atoms with Gasteiger partial charge in [-0.3, -0.25) is 0 Å². The van der Waals surface area contributed by atoms with Crippen LogP contribution in [-0.2, 0) is 6.54 Å². The van der Waals surface area contributed by atoms with Crippen LogP contribution in [0.1, 0.15) is 19.4 Å². The number of thioether (sulfide) groups is 1. The average molecular weight is 254 g/mol. The van der Waals surface area contributed by atoms with Crippen molar-refractivity contribution in [1.82, 2.24) is 20.2 Å². The van der Waals surface area contributed by atoms with Crippen LogP contribution in [0.25, 0.3) is 0 Å². The first-order valence-electron chi connectivity index (χ1n) is 6.08. The van der Waals surface area contributed by atoms with Gasteiger partial charge in [-0.25, -0.2) is 9.97 Å². The lowest BCUT2D eigenvalue weighted by molar-refractivity contribution is 0.302. The minimum absolute atomic E-state index is 0.830. The highest BCUT2D eigenvalue weighted by Gasteiger charge is 1.99. The van der Waals surface area contributed by atoms with E-state index >= 15 is 0 Å². The molecule has 0 aliphatic carbocycles. The van der Waals surface area contributed by atoms with Crippen molar-refractivity contribution in [2.45, 2.75) is 25.5 Å². The van der Waals surface area contributed by atoms with Gasteiger partial charge in [0.2, 0.25) is 0 Å². The predicted molar refractivity (Wildman–Crippen MR) is 73.3 cm³/mol. The molecule has 4 nitrogen and oxygen atoms in total. The van der Waals surface area contributed by atoms with E-state index in [0.717, 1.165) is 43.4 Å². The molecule has 17 heavy (non-hydrogen) atoms. The third-order valence-electron chi connectivity index (χ3n) is 2.69. The van der Waals surface area contributed by atoms with E-state index in [1.165, 1.54) is 0 Å². The molecule has 0 saturated carbocycles. The molecule has 96 valence electrons. The molecular weight excluding hydrogens is 232 g/mol. The number of rotatable bonds is 8. The van der Waals surface area contributed by atoms with Crippen molar-refractivity contribution in [3.8, 4) is 0 Å². The molecule has 1 heterocycles. The van der Waals surface area contributed by atoms with Gasteiger partial charge in [0.25, 0.3) is 0 Å². The molecular formula is C12H22N4S. The highest BCUT2D eigenvalue weighted by molar-refractivity contribution is 7.98. The lowest BCUT2D eigenvalue weighted by atomic mass is 10.3. The van der Waals surface area contributed by atoms with Crippen molar-refractivity contribution >= 4 is 11.8 Å². The number of hydrogen-bond donors (Lipinski definition) is 1. The first-order chi connectivity index (χ1) is 8.30. The van der Waals surface area contributed by atoms with Crippen molar-refractivity contribution < 1.29 is 0 Å². The second-order valence-electron chi connectivity index (χ2n) is 3.78. The Balaban J connectivity index is 2.21. The van der Waals surface area contributed by atoms with Crippen LogP contribution in [0.2, 0.25) is 0 Å². The largest absolute Gasteiger partial charge is 0.311 e. The number of nitrogens with zero attached hydrogens (tertiary/aromatic N) is 3. The quantitative estimate of drug-likeness (QED) is 0.434. The summed E-state index contributed by atoms with van der Waals surface area (Å²) < 4.78 is 0. The third kappa shape index (κ3) is 5.48. The van der Waals surface area contributed by atoms with Gasteiger partial charge in [-0.15, -0.1) is 0 Å². The molecule has 5 heteroatoms. The normalized spacial score (nSPS) is 11.1. The molecule has 0 aliphatic rings. The van der Waals surface area contributed by atoms with Crippen LogP contribution in [0.4, 0.5) is 0 Å². The van der Waals surface area contributed by atoms with Gasteiger partial charge in [0.05, 0.1) is 0 Å². The number of aromatic nitrogens is 2. The van der Waals surface area contributed by atoms with E-state index in [0.29, 0.717) is 0 Å². The van der Waals surface area contributed by atoms with Gasteiger partial charge in [-0.2, -0.15) is 0 Å². The fourth-order valence-electron chi connectivity index (χ4n) is 1.55. The van der Waals surface area contributed by atoms with Gasteiger partial charge < -0.3 is 10.2 Å². The Morgan fingerprint density at radius 3 is 2.41 bits per heavy atom. The summed E-state index contributed by atoms with van der Waals surface area (Å²) in [5.41, 5.74) is 1.14. The molecule has 0 saturated heterocycles. The molecule has 1 aromatic rings. The summed E-state index contributed by atoms with van der Waals surface area (Å²) in [6.07, 6.45) is 5.77. The van der Waals surface area contributed by atoms with Gasteiger partial charge in [-0.05, 0) is 19.3 Å². The molecule has 0 spiro atoms. The Morgan fingerprint density at radius 2 is 1.88 bits per heavy atom. The van der Waals surface area contributed by atoms with Crippen LogP contribution >= 0.6 is 11.8 Å². The van der Waals surface area contributed by atoms with Gasteiger partial charge in [0.1, 0.15) is 0 Å². The molecule has 0 bridgehead atoms. The molecule has 1 rings (SSSR count). The van der Waals surface area contributed by atoms with E-state index < -0.39 is 0 Å². The van der Waals surface area contributed by atoms with Crippen LogP contribution in [0.3, 0.4) is 0 Å². The average Bonchev–Trinajstić information content (AvgIpc) is 2.40. The third-order valence-corrected chi connectivity index (χ3v) is 3.27. The first kappa shape index (κ1) is 14.4. The van der Waals surface area contributed by atoms with Crippen LogP contribution in [0.15, 0.2) is 17.6 Å². The zero-order chi connectivity index (χ0) is 12.5. The topological polar surface area (TPSA) is 41.0 Å². The van der Waals surface area contributed by atoms with Crippen LogP contribution < -0.4 is 5.32 Å². The summed E-state index contributed by atoms with van der Waals surface area (Å²) in [6.45, 7) is 9.56. The van der Waals surface area contributed by atoms with E-state index in [1.807, 2.05) is 18.6 Å². The van der Waals surface area contributed by atoms with Gasteiger partial charge in [-0.1, -0.05) is 25.6 Å². The highest BCUT2D eigenvalue weighted by Crippen LogP contribution is 2.06. The maximum Gasteiger partial charge on any atom is 0.187 e. The van der Waals surface area contributed by atoms with Crippen molar-refractivity contribution in [3.63, 3.8) is 0 Å². The summed E-state index contributed by atoms with van der Waals surface area (Å²) >= 11 is 1.57. The van der Waals surface area contributed by atoms with E-state index in [-0.39, 0.29) is 0 Å². The molecule has 0 aliphatic heterocycles. The predicted octanol–water partition coefficient (Wildman–Crippen LogP) is 1.63. The lowest BCUT2D eigenvalue weighted by Gasteiger charge is -2.17. The Hall–Kier alpha value is -0.650. The monoisotopic (exact) mass is 254 g/mol. The summed E-state index contributed by atoms with van der Waals surface area (Å²) in [7, 11) is 0. The summed E-state index contributed by atoms with van der Waals surface area (Å²) in [5, 5.41) is 4.24. The van der Waals surface area contributed by atoms with Crippen molar-refractivity contribution in [2.24, 2.45) is 0 Å². The van der Waals surface area contributed by atoms with Crippen molar-refractivity contribution in [3.05, 3.63) is 18.0 Å². The summed E-state index contributed by atoms with van der Waals surface area (Å²) in [5.74, 6) is 0. The summed E-state index contributed by atoms with van der Waals surface area (Å²) in [6, 6.07) is 0. The summed E-state index contributed by atoms with van der Waals surface area (Å²) in [4.78, 5) is 10.9. The lowest BCUT2D eigenvalue weighted by Crippen LogP contribution is -2.31. The molecule has 0 atom stereocenters. The molecule has 0 radical (unpaired) electrons. The van der Waals surface area contributed by atoms with E-state index in [4.69, 9.17) is 0 Å². The van der Waals surface area contributed by atoms with E-state index in [2.05, 4.69) is 34.0 Å². The number of hydrogen-bond acceptors (Lipinski definition) is 5. The van der Waals surface area contributed by atoms with Crippen molar-refractivity contribution in [1.29, 1.82) is 0 Å². The van der Waals surface area contributed by atoms with E-state index in [1.54, 1.807) is 11.8 Å². The Kier molecular flexibility index (Phi) is 7.16. The van der Waals surface area contributed by atoms with Crippen molar-refractivity contribution in [2.75, 3.05) is 32.4 Å². The Bertz CT molecular complexity index is 298. The molecule has 1 aromatic heterocycles. The minimum Gasteiger partial charge on any atom is -0.311 e. The minimum atomic E-state index is 0.830. The number of nitrogens with one attached hydrogen (secondary N) is 1. The fourth-order valence-corrected chi connectivity index (χ4v) is 1.87. The van der Waals surface area contributed by atoms with Crippen LogP contribution in [-0.4, -0.2) is 47.3 Å².